The fourth-order valence-corrected chi connectivity index (χ4v) is 9.33. The van der Waals surface area contributed by atoms with Gasteiger partial charge in [0.05, 0.1) is 0 Å². The average Bonchev–Trinajstić information content (AvgIpc) is 2.61. The molecule has 0 unspecified atom stereocenters. The fourth-order valence-electron chi connectivity index (χ4n) is 2.49. The molecular formula is C20H20Br2N2O4Se. The maximum absolute atomic E-state index is 12.6. The summed E-state index contributed by atoms with van der Waals surface area (Å²) in [5.41, 5.74) is 2.28. The van der Waals surface area contributed by atoms with Gasteiger partial charge < -0.3 is 0 Å². The van der Waals surface area contributed by atoms with Crippen LogP contribution in [0, 0.1) is 0 Å². The Morgan fingerprint density at radius 1 is 0.690 bits per heavy atom. The van der Waals surface area contributed by atoms with Gasteiger partial charge in [-0.1, -0.05) is 0 Å². The molecule has 0 heterocycles. The molecule has 2 aromatic rings. The third-order valence-electron chi connectivity index (χ3n) is 3.74. The van der Waals surface area contributed by atoms with E-state index in [0.29, 0.717) is 22.5 Å². The molecule has 2 amide bonds. The SMILES string of the molecule is CC(=O)Nc1ccc(C(=O)C[Se](Br)(Br)CC(=O)c2ccc(NC(C)=O)cc2)cc1. The predicted octanol–water partition coefficient (Wildman–Crippen LogP) is 4.90. The third kappa shape index (κ3) is 7.85. The molecule has 6 nitrogen and oxygen atoms in total. The number of Topliss-reactive ketones (excluding diaryl/α,β-unsaturated/α-hetero) is 2. The third-order valence-corrected chi connectivity index (χ3v) is 11.4. The van der Waals surface area contributed by atoms with Crippen LogP contribution in [0.3, 0.4) is 0 Å². The molecule has 0 radical (unpaired) electrons. The maximum atomic E-state index is 12.6. The van der Waals surface area contributed by atoms with Crippen LogP contribution in [0.4, 0.5) is 11.4 Å². The second-order valence-corrected chi connectivity index (χ2v) is 27.9. The van der Waals surface area contributed by atoms with Gasteiger partial charge in [0.1, 0.15) is 0 Å². The summed E-state index contributed by atoms with van der Waals surface area (Å²) in [4.78, 5) is 47.3. The number of amides is 2. The second-order valence-electron chi connectivity index (χ2n) is 6.35. The molecule has 0 spiro atoms. The van der Waals surface area contributed by atoms with Crippen LogP contribution in [0.25, 0.3) is 0 Å². The van der Waals surface area contributed by atoms with Gasteiger partial charge in [0.25, 0.3) is 0 Å². The first-order valence-corrected chi connectivity index (χ1v) is 19.0. The molecule has 0 aromatic heterocycles. The Kier molecular flexibility index (Phi) is 8.33. The van der Waals surface area contributed by atoms with Crippen LogP contribution in [-0.2, 0) is 9.59 Å². The van der Waals surface area contributed by atoms with Crippen molar-refractivity contribution in [2.75, 3.05) is 10.6 Å². The quantitative estimate of drug-likeness (QED) is 0.338. The minimum absolute atomic E-state index is 0.0815. The van der Waals surface area contributed by atoms with Gasteiger partial charge in [0, 0.05) is 0 Å². The van der Waals surface area contributed by atoms with Gasteiger partial charge in [0.2, 0.25) is 0 Å². The van der Waals surface area contributed by atoms with Crippen molar-refractivity contribution < 1.29 is 19.2 Å². The number of hydrogen-bond acceptors (Lipinski definition) is 4. The van der Waals surface area contributed by atoms with Gasteiger partial charge in [-0.05, 0) is 0 Å². The molecule has 0 atom stereocenters. The summed E-state index contributed by atoms with van der Waals surface area (Å²) in [5, 5.41) is 5.73. The van der Waals surface area contributed by atoms with E-state index in [0.717, 1.165) is 0 Å². The van der Waals surface area contributed by atoms with Crippen LogP contribution >= 0.6 is 28.2 Å². The Morgan fingerprint density at radius 2 is 1.00 bits per heavy atom. The molecule has 0 aliphatic rings. The minimum atomic E-state index is -2.69. The van der Waals surface area contributed by atoms with E-state index in [-0.39, 0.29) is 34.0 Å². The van der Waals surface area contributed by atoms with E-state index < -0.39 is 9.23 Å². The van der Waals surface area contributed by atoms with Crippen molar-refractivity contribution in [2.24, 2.45) is 0 Å². The van der Waals surface area contributed by atoms with Crippen LogP contribution in [0.2, 0.25) is 10.6 Å². The standard InChI is InChI=1S/C20H20Br2N2O4Se/c1-13(25)23-17-7-3-15(4-8-17)19(27)11-29(21,22)12-20(28)16-5-9-18(10-6-16)24-14(2)26/h3-10H,11-12H2,1-2H3,(H,23,25)(H,24,26). The van der Waals surface area contributed by atoms with Gasteiger partial charge in [-0.3, -0.25) is 0 Å². The molecule has 0 bridgehead atoms. The zero-order valence-corrected chi connectivity index (χ0v) is 20.7. The van der Waals surface area contributed by atoms with Crippen LogP contribution < -0.4 is 10.6 Å². The Bertz CT molecular complexity index is 853. The molecule has 0 saturated heterocycles. The Hall–Kier alpha value is -1.80. The summed E-state index contributed by atoms with van der Waals surface area (Å²) < 4.78 is 0. The van der Waals surface area contributed by atoms with E-state index in [4.69, 9.17) is 0 Å². The number of ketones is 2. The zero-order chi connectivity index (χ0) is 21.6. The molecule has 0 saturated carbocycles. The number of carbonyl (C=O) groups is 4. The second kappa shape index (κ2) is 10.3. The van der Waals surface area contributed by atoms with Crippen LogP contribution in [0.1, 0.15) is 34.6 Å². The van der Waals surface area contributed by atoms with E-state index in [1.807, 2.05) is 0 Å². The molecular weight excluding hydrogens is 571 g/mol. The number of anilines is 2. The van der Waals surface area contributed by atoms with Crippen LogP contribution in [0.15, 0.2) is 48.5 Å². The summed E-state index contributed by atoms with van der Waals surface area (Å²) in [6.07, 6.45) is 0. The molecule has 0 fully saturated rings. The molecule has 2 N–H and O–H groups in total. The number of halogens is 2. The Labute approximate surface area is 185 Å². The monoisotopic (exact) mass is 590 g/mol. The Balaban J connectivity index is 1.99. The van der Waals surface area contributed by atoms with Crippen molar-refractivity contribution in [2.45, 2.75) is 24.5 Å². The molecule has 9 heteroatoms. The first-order chi connectivity index (χ1) is 13.6. The molecule has 154 valence electrons. The number of benzene rings is 2. The summed E-state index contributed by atoms with van der Waals surface area (Å²) in [5.74, 6) is -0.522. The molecule has 0 aliphatic heterocycles. The molecule has 2 rings (SSSR count). The van der Waals surface area contributed by atoms with Gasteiger partial charge in [-0.25, -0.2) is 0 Å². The molecule has 29 heavy (non-hydrogen) atoms. The van der Waals surface area contributed by atoms with E-state index >= 15 is 0 Å². The van der Waals surface area contributed by atoms with Crippen molar-refractivity contribution in [1.82, 2.24) is 0 Å². The van der Waals surface area contributed by atoms with Crippen LogP contribution in [0.5, 0.6) is 0 Å². The van der Waals surface area contributed by atoms with Crippen molar-refractivity contribution in [3.05, 3.63) is 59.7 Å². The van der Waals surface area contributed by atoms with E-state index in [9.17, 15) is 19.2 Å². The van der Waals surface area contributed by atoms with Crippen molar-refractivity contribution in [3.63, 3.8) is 0 Å². The normalized spacial score (nSPS) is 11.4. The zero-order valence-electron chi connectivity index (χ0n) is 15.8. The number of nitrogens with one attached hydrogen (secondary N) is 2. The summed E-state index contributed by atoms with van der Waals surface area (Å²) in [6, 6.07) is 13.3. The van der Waals surface area contributed by atoms with Gasteiger partial charge in [-0.2, -0.15) is 0 Å². The number of carbonyl (C=O) groups excluding carboxylic acids is 4. The van der Waals surface area contributed by atoms with Gasteiger partial charge in [0.15, 0.2) is 0 Å². The van der Waals surface area contributed by atoms with Crippen LogP contribution in [-0.4, -0.2) is 32.6 Å². The average molecular weight is 591 g/mol. The predicted molar refractivity (Wildman–Crippen MR) is 123 cm³/mol. The van der Waals surface area contributed by atoms with Gasteiger partial charge in [-0.15, -0.1) is 0 Å². The summed E-state index contributed by atoms with van der Waals surface area (Å²) >= 11 is 7.18. The molecule has 0 aliphatic carbocycles. The van der Waals surface area contributed by atoms with Crippen molar-refractivity contribution >= 4 is 72.2 Å². The fraction of sp³-hybridized carbons (Fsp3) is 0.200. The summed E-state index contributed by atoms with van der Waals surface area (Å²) in [6.45, 7) is 2.83. The van der Waals surface area contributed by atoms with E-state index in [1.165, 1.54) is 13.8 Å². The van der Waals surface area contributed by atoms with Gasteiger partial charge >= 0.3 is 186 Å². The van der Waals surface area contributed by atoms with E-state index in [2.05, 4.69) is 38.9 Å². The van der Waals surface area contributed by atoms with Crippen molar-refractivity contribution in [1.29, 1.82) is 0 Å². The number of rotatable bonds is 8. The molecule has 2 aromatic carbocycles. The Morgan fingerprint density at radius 3 is 1.28 bits per heavy atom. The van der Waals surface area contributed by atoms with E-state index in [1.54, 1.807) is 48.5 Å². The number of hydrogen-bond donors (Lipinski definition) is 2. The van der Waals surface area contributed by atoms with Crippen molar-refractivity contribution in [3.8, 4) is 0 Å². The first kappa shape index (κ1) is 23.5. The first-order valence-electron chi connectivity index (χ1n) is 8.55. The summed E-state index contributed by atoms with van der Waals surface area (Å²) in [7, 11) is -2.69. The topological polar surface area (TPSA) is 92.3 Å².